The molecule has 3 heterocycles. The highest BCUT2D eigenvalue weighted by molar-refractivity contribution is 5.93. The standard InChI is InChI=1S/C20H29N3O3/c1-2-3-11-23-17-10-12-22(13-14(17)8-9-18(23)24)20(25)19-15-6-4-5-7-16(15)21-26-19/h14,17H,2-13H2,1H3/t14-,17+/m1/s1. The molecule has 4 rings (SSSR count). The Morgan fingerprint density at radius 2 is 2.08 bits per heavy atom. The van der Waals surface area contributed by atoms with Gasteiger partial charge in [-0.25, -0.2) is 0 Å². The van der Waals surface area contributed by atoms with E-state index < -0.39 is 0 Å². The highest BCUT2D eigenvalue weighted by Gasteiger charge is 2.41. The molecule has 6 heteroatoms. The summed E-state index contributed by atoms with van der Waals surface area (Å²) in [4.78, 5) is 29.4. The maximum absolute atomic E-state index is 13.0. The van der Waals surface area contributed by atoms with Gasteiger partial charge in [0.05, 0.1) is 5.69 Å². The van der Waals surface area contributed by atoms with E-state index in [1.54, 1.807) is 0 Å². The number of hydrogen-bond donors (Lipinski definition) is 0. The van der Waals surface area contributed by atoms with Gasteiger partial charge in [-0.05, 0) is 50.9 Å². The first-order chi connectivity index (χ1) is 12.7. The van der Waals surface area contributed by atoms with Gasteiger partial charge in [0, 0.05) is 37.7 Å². The molecular weight excluding hydrogens is 330 g/mol. The summed E-state index contributed by atoms with van der Waals surface area (Å²) >= 11 is 0. The molecule has 142 valence electrons. The predicted molar refractivity (Wildman–Crippen MR) is 96.8 cm³/mol. The van der Waals surface area contributed by atoms with Crippen molar-refractivity contribution in [2.45, 2.75) is 70.8 Å². The third-order valence-electron chi connectivity index (χ3n) is 6.34. The Morgan fingerprint density at radius 1 is 1.23 bits per heavy atom. The zero-order valence-electron chi connectivity index (χ0n) is 15.7. The highest BCUT2D eigenvalue weighted by atomic mass is 16.5. The summed E-state index contributed by atoms with van der Waals surface area (Å²) in [5.74, 6) is 1.15. The Balaban J connectivity index is 1.46. The third-order valence-corrected chi connectivity index (χ3v) is 6.34. The van der Waals surface area contributed by atoms with E-state index in [4.69, 9.17) is 4.52 Å². The number of piperidine rings is 2. The lowest BCUT2D eigenvalue weighted by Crippen LogP contribution is -2.57. The quantitative estimate of drug-likeness (QED) is 0.829. The predicted octanol–water partition coefficient (Wildman–Crippen LogP) is 2.81. The van der Waals surface area contributed by atoms with Gasteiger partial charge in [0.15, 0.2) is 0 Å². The van der Waals surface area contributed by atoms with E-state index in [0.29, 0.717) is 36.6 Å². The maximum Gasteiger partial charge on any atom is 0.292 e. The van der Waals surface area contributed by atoms with E-state index in [-0.39, 0.29) is 5.91 Å². The van der Waals surface area contributed by atoms with Crippen molar-refractivity contribution in [1.82, 2.24) is 15.0 Å². The van der Waals surface area contributed by atoms with Gasteiger partial charge in [0.25, 0.3) is 5.91 Å². The largest absolute Gasteiger partial charge is 0.350 e. The molecular formula is C20H29N3O3. The Bertz CT molecular complexity index is 684. The molecule has 0 aromatic carbocycles. The van der Waals surface area contributed by atoms with Crippen molar-refractivity contribution in [1.29, 1.82) is 0 Å². The van der Waals surface area contributed by atoms with Crippen molar-refractivity contribution in [2.75, 3.05) is 19.6 Å². The summed E-state index contributed by atoms with van der Waals surface area (Å²) in [5, 5.41) is 4.13. The molecule has 6 nitrogen and oxygen atoms in total. The first kappa shape index (κ1) is 17.6. The number of carbonyl (C=O) groups excluding carboxylic acids is 2. The molecule has 0 saturated carbocycles. The monoisotopic (exact) mass is 359 g/mol. The Kier molecular flexibility index (Phi) is 5.00. The van der Waals surface area contributed by atoms with Crippen LogP contribution in [0.2, 0.25) is 0 Å². The average molecular weight is 359 g/mol. The van der Waals surface area contributed by atoms with E-state index in [9.17, 15) is 9.59 Å². The van der Waals surface area contributed by atoms with Crippen LogP contribution in [0.25, 0.3) is 0 Å². The molecule has 2 atom stereocenters. The average Bonchev–Trinajstić information content (AvgIpc) is 3.10. The van der Waals surface area contributed by atoms with Crippen LogP contribution >= 0.6 is 0 Å². The highest BCUT2D eigenvalue weighted by Crippen LogP contribution is 2.33. The second-order valence-electron chi connectivity index (χ2n) is 7.99. The Hall–Kier alpha value is -1.85. The second-order valence-corrected chi connectivity index (χ2v) is 7.99. The van der Waals surface area contributed by atoms with E-state index in [0.717, 1.165) is 75.7 Å². The molecule has 0 bridgehead atoms. The van der Waals surface area contributed by atoms with Crippen LogP contribution in [0.3, 0.4) is 0 Å². The van der Waals surface area contributed by atoms with Crippen LogP contribution in [0.5, 0.6) is 0 Å². The van der Waals surface area contributed by atoms with E-state index in [2.05, 4.69) is 17.0 Å². The van der Waals surface area contributed by atoms with Crippen molar-refractivity contribution < 1.29 is 14.1 Å². The number of aryl methyl sites for hydroxylation is 1. The number of carbonyl (C=O) groups is 2. The zero-order valence-corrected chi connectivity index (χ0v) is 15.7. The van der Waals surface area contributed by atoms with E-state index in [1.807, 2.05) is 4.90 Å². The summed E-state index contributed by atoms with van der Waals surface area (Å²) in [6.45, 7) is 4.45. The number of aromatic nitrogens is 1. The van der Waals surface area contributed by atoms with Crippen molar-refractivity contribution in [3.63, 3.8) is 0 Å². The number of nitrogens with zero attached hydrogens (tertiary/aromatic N) is 3. The molecule has 0 unspecified atom stereocenters. The van der Waals surface area contributed by atoms with Gasteiger partial charge in [0.1, 0.15) is 0 Å². The summed E-state index contributed by atoms with van der Waals surface area (Å²) in [6, 6.07) is 0.301. The van der Waals surface area contributed by atoms with Crippen molar-refractivity contribution in [3.8, 4) is 0 Å². The number of hydrogen-bond acceptors (Lipinski definition) is 4. The normalized spacial score (nSPS) is 25.8. The van der Waals surface area contributed by atoms with Crippen molar-refractivity contribution in [3.05, 3.63) is 17.0 Å². The fraction of sp³-hybridized carbons (Fsp3) is 0.750. The first-order valence-corrected chi connectivity index (χ1v) is 10.2. The number of likely N-dealkylation sites (tertiary alicyclic amines) is 2. The molecule has 3 aliphatic rings. The lowest BCUT2D eigenvalue weighted by Gasteiger charge is -2.47. The molecule has 0 radical (unpaired) electrons. The Morgan fingerprint density at radius 3 is 2.92 bits per heavy atom. The van der Waals surface area contributed by atoms with Crippen LogP contribution in [0.15, 0.2) is 4.52 Å². The fourth-order valence-corrected chi connectivity index (χ4v) is 4.86. The number of rotatable bonds is 4. The van der Waals surface area contributed by atoms with Gasteiger partial charge in [-0.3, -0.25) is 9.59 Å². The summed E-state index contributed by atoms with van der Waals surface area (Å²) < 4.78 is 5.45. The number of unbranched alkanes of at least 4 members (excludes halogenated alkanes) is 1. The molecule has 2 saturated heterocycles. The SMILES string of the molecule is CCCCN1C(=O)CC[C@@H]2CN(C(=O)c3onc4c3CCCC4)CC[C@@H]21. The molecule has 26 heavy (non-hydrogen) atoms. The van der Waals surface area contributed by atoms with E-state index in [1.165, 1.54) is 0 Å². The molecule has 1 aliphatic carbocycles. The molecule has 0 spiro atoms. The summed E-state index contributed by atoms with van der Waals surface area (Å²) in [5.41, 5.74) is 2.01. The van der Waals surface area contributed by atoms with Crippen LogP contribution in [-0.4, -0.2) is 52.4 Å². The maximum atomic E-state index is 13.0. The van der Waals surface area contributed by atoms with Gasteiger partial charge in [-0.15, -0.1) is 0 Å². The minimum absolute atomic E-state index is 0.00360. The van der Waals surface area contributed by atoms with Crippen LogP contribution in [0.4, 0.5) is 0 Å². The molecule has 2 fully saturated rings. The van der Waals surface area contributed by atoms with E-state index >= 15 is 0 Å². The Labute approximate surface area is 154 Å². The van der Waals surface area contributed by atoms with Gasteiger partial charge < -0.3 is 14.3 Å². The first-order valence-electron chi connectivity index (χ1n) is 10.2. The number of amides is 2. The molecule has 2 amide bonds. The van der Waals surface area contributed by atoms with Gasteiger partial charge >= 0.3 is 0 Å². The topological polar surface area (TPSA) is 66.7 Å². The lowest BCUT2D eigenvalue weighted by atomic mass is 9.83. The fourth-order valence-electron chi connectivity index (χ4n) is 4.86. The van der Waals surface area contributed by atoms with Crippen LogP contribution < -0.4 is 0 Å². The summed E-state index contributed by atoms with van der Waals surface area (Å²) in [7, 11) is 0. The van der Waals surface area contributed by atoms with Crippen molar-refractivity contribution >= 4 is 11.8 Å². The molecule has 0 N–H and O–H groups in total. The van der Waals surface area contributed by atoms with Crippen LogP contribution in [0, 0.1) is 5.92 Å². The van der Waals surface area contributed by atoms with Crippen LogP contribution in [-0.2, 0) is 17.6 Å². The van der Waals surface area contributed by atoms with Crippen molar-refractivity contribution in [2.24, 2.45) is 5.92 Å². The smallest absolute Gasteiger partial charge is 0.292 e. The number of fused-ring (bicyclic) bond motifs is 2. The zero-order chi connectivity index (χ0) is 18.1. The van der Waals surface area contributed by atoms with Gasteiger partial charge in [-0.2, -0.15) is 0 Å². The molecule has 2 aliphatic heterocycles. The summed E-state index contributed by atoms with van der Waals surface area (Å²) in [6.07, 6.45) is 8.60. The molecule has 1 aromatic heterocycles. The van der Waals surface area contributed by atoms with Gasteiger partial charge in [0.2, 0.25) is 11.7 Å². The third kappa shape index (κ3) is 3.14. The lowest BCUT2D eigenvalue weighted by molar-refractivity contribution is -0.140. The minimum atomic E-state index is -0.00360. The minimum Gasteiger partial charge on any atom is -0.350 e. The molecule has 1 aromatic rings. The van der Waals surface area contributed by atoms with Crippen LogP contribution in [0.1, 0.15) is 73.7 Å². The second kappa shape index (κ2) is 7.41. The van der Waals surface area contributed by atoms with Gasteiger partial charge in [-0.1, -0.05) is 18.5 Å².